The van der Waals surface area contributed by atoms with E-state index in [9.17, 15) is 9.59 Å². The lowest BCUT2D eigenvalue weighted by Crippen LogP contribution is -2.38. The third-order valence-electron chi connectivity index (χ3n) is 4.66. The summed E-state index contributed by atoms with van der Waals surface area (Å²) < 4.78 is 5.18. The minimum atomic E-state index is -0.318. The zero-order valence-corrected chi connectivity index (χ0v) is 16.3. The number of halogens is 1. The van der Waals surface area contributed by atoms with E-state index in [1.54, 1.807) is 18.5 Å². The molecule has 0 unspecified atom stereocenters. The Morgan fingerprint density at radius 1 is 1.14 bits per heavy atom. The number of piperidine rings is 1. The molecule has 0 aliphatic carbocycles. The average Bonchev–Trinajstić information content (AvgIpc) is 2.74. The van der Waals surface area contributed by atoms with Crippen molar-refractivity contribution in [1.29, 1.82) is 0 Å². The molecule has 1 aliphatic heterocycles. The second-order valence-corrected chi connectivity index (χ2v) is 7.08. The van der Waals surface area contributed by atoms with Gasteiger partial charge in [-0.25, -0.2) is 9.97 Å². The van der Waals surface area contributed by atoms with Gasteiger partial charge in [-0.15, -0.1) is 0 Å². The fraction of sp³-hybridized carbons (Fsp3) is 0.400. The van der Waals surface area contributed by atoms with Gasteiger partial charge in [0, 0.05) is 37.1 Å². The maximum absolute atomic E-state index is 12.2. The maximum atomic E-state index is 12.2. The van der Waals surface area contributed by atoms with E-state index >= 15 is 0 Å². The summed E-state index contributed by atoms with van der Waals surface area (Å²) in [7, 11) is 0. The number of hydrogen-bond acceptors (Lipinski definition) is 6. The molecule has 0 atom stereocenters. The summed E-state index contributed by atoms with van der Waals surface area (Å²) in [5.74, 6) is -0.130. The second kappa shape index (κ2) is 10.0. The Balaban J connectivity index is 1.33. The fourth-order valence-corrected chi connectivity index (χ4v) is 3.20. The monoisotopic (exact) mass is 402 g/mol. The Hall–Kier alpha value is -2.67. The third kappa shape index (κ3) is 5.92. The van der Waals surface area contributed by atoms with Crippen LogP contribution in [0.1, 0.15) is 18.4 Å². The number of esters is 1. The minimum Gasteiger partial charge on any atom is -0.455 e. The molecule has 2 heterocycles. The first-order chi connectivity index (χ1) is 13.6. The number of ether oxygens (including phenoxy) is 1. The quantitative estimate of drug-likeness (QED) is 0.715. The average molecular weight is 403 g/mol. The lowest BCUT2D eigenvalue weighted by Gasteiger charge is -2.30. The van der Waals surface area contributed by atoms with Gasteiger partial charge in [0.05, 0.1) is 5.92 Å². The van der Waals surface area contributed by atoms with Crippen LogP contribution in [-0.2, 0) is 20.7 Å². The SMILES string of the molecule is O=C(COC(=O)C1CCN(c2ncccn2)CC1)NCCc1ccc(Cl)cc1. The zero-order chi connectivity index (χ0) is 19.8. The highest BCUT2D eigenvalue weighted by Crippen LogP contribution is 2.21. The van der Waals surface area contributed by atoms with Gasteiger partial charge in [-0.2, -0.15) is 0 Å². The minimum absolute atomic E-state index is 0.193. The van der Waals surface area contributed by atoms with Gasteiger partial charge in [0.15, 0.2) is 6.61 Å². The summed E-state index contributed by atoms with van der Waals surface area (Å²) in [6.07, 6.45) is 5.42. The molecule has 1 aromatic carbocycles. The summed E-state index contributed by atoms with van der Waals surface area (Å²) >= 11 is 5.84. The van der Waals surface area contributed by atoms with E-state index in [4.69, 9.17) is 16.3 Å². The lowest BCUT2D eigenvalue weighted by molar-refractivity contribution is -0.153. The molecule has 1 N–H and O–H groups in total. The van der Waals surface area contributed by atoms with Crippen LogP contribution in [0.15, 0.2) is 42.7 Å². The van der Waals surface area contributed by atoms with Gasteiger partial charge in [-0.1, -0.05) is 23.7 Å². The topological polar surface area (TPSA) is 84.4 Å². The van der Waals surface area contributed by atoms with E-state index in [0.29, 0.717) is 49.9 Å². The van der Waals surface area contributed by atoms with Crippen molar-refractivity contribution < 1.29 is 14.3 Å². The highest BCUT2D eigenvalue weighted by Gasteiger charge is 2.27. The number of carbonyl (C=O) groups is 2. The first-order valence-electron chi connectivity index (χ1n) is 9.31. The molecule has 7 nitrogen and oxygen atoms in total. The molecule has 3 rings (SSSR count). The Morgan fingerprint density at radius 3 is 2.50 bits per heavy atom. The van der Waals surface area contributed by atoms with Gasteiger partial charge in [0.2, 0.25) is 5.95 Å². The highest BCUT2D eigenvalue weighted by atomic mass is 35.5. The van der Waals surface area contributed by atoms with Gasteiger partial charge in [-0.3, -0.25) is 9.59 Å². The molecule has 0 saturated carbocycles. The van der Waals surface area contributed by atoms with Crippen LogP contribution in [0.4, 0.5) is 5.95 Å². The molecular weight excluding hydrogens is 380 g/mol. The number of hydrogen-bond donors (Lipinski definition) is 1. The van der Waals surface area contributed by atoms with E-state index in [1.807, 2.05) is 29.2 Å². The van der Waals surface area contributed by atoms with E-state index in [-0.39, 0.29) is 24.4 Å². The van der Waals surface area contributed by atoms with Crippen molar-refractivity contribution in [3.63, 3.8) is 0 Å². The van der Waals surface area contributed by atoms with Crippen molar-refractivity contribution in [2.45, 2.75) is 19.3 Å². The Bertz CT molecular complexity index is 778. The smallest absolute Gasteiger partial charge is 0.309 e. The number of carbonyl (C=O) groups excluding carboxylic acids is 2. The Kier molecular flexibility index (Phi) is 7.19. The van der Waals surface area contributed by atoms with Crippen LogP contribution in [0.25, 0.3) is 0 Å². The molecule has 0 spiro atoms. The van der Waals surface area contributed by atoms with Crippen molar-refractivity contribution >= 4 is 29.4 Å². The van der Waals surface area contributed by atoms with Crippen LogP contribution >= 0.6 is 11.6 Å². The first kappa shape index (κ1) is 20.1. The van der Waals surface area contributed by atoms with Gasteiger partial charge in [-0.05, 0) is 43.0 Å². The largest absolute Gasteiger partial charge is 0.455 e. The van der Waals surface area contributed by atoms with Crippen molar-refractivity contribution in [3.8, 4) is 0 Å². The third-order valence-corrected chi connectivity index (χ3v) is 4.91. The molecule has 1 fully saturated rings. The molecule has 1 aromatic heterocycles. The Labute approximate surface area is 169 Å². The second-order valence-electron chi connectivity index (χ2n) is 6.64. The zero-order valence-electron chi connectivity index (χ0n) is 15.5. The normalized spacial score (nSPS) is 14.5. The molecule has 2 aromatic rings. The molecule has 1 amide bonds. The van der Waals surface area contributed by atoms with E-state index in [0.717, 1.165) is 5.56 Å². The van der Waals surface area contributed by atoms with Crippen LogP contribution < -0.4 is 10.2 Å². The summed E-state index contributed by atoms with van der Waals surface area (Å²) in [5, 5.41) is 3.44. The first-order valence-corrected chi connectivity index (χ1v) is 9.69. The molecule has 8 heteroatoms. The van der Waals surface area contributed by atoms with E-state index in [1.165, 1.54) is 0 Å². The van der Waals surface area contributed by atoms with Crippen LogP contribution in [0.2, 0.25) is 5.02 Å². The summed E-state index contributed by atoms with van der Waals surface area (Å²) in [4.78, 5) is 34.6. The van der Waals surface area contributed by atoms with Gasteiger partial charge in [0.1, 0.15) is 0 Å². The van der Waals surface area contributed by atoms with Crippen molar-refractivity contribution in [2.75, 3.05) is 31.1 Å². The number of amides is 1. The van der Waals surface area contributed by atoms with Crippen molar-refractivity contribution in [3.05, 3.63) is 53.3 Å². The van der Waals surface area contributed by atoms with Gasteiger partial charge in [0.25, 0.3) is 5.91 Å². The highest BCUT2D eigenvalue weighted by molar-refractivity contribution is 6.30. The van der Waals surface area contributed by atoms with Crippen molar-refractivity contribution in [2.24, 2.45) is 5.92 Å². The summed E-state index contributed by atoms with van der Waals surface area (Å²) in [6.45, 7) is 1.61. The molecule has 148 valence electrons. The predicted molar refractivity (Wildman–Crippen MR) is 106 cm³/mol. The van der Waals surface area contributed by atoms with E-state index in [2.05, 4.69) is 15.3 Å². The van der Waals surface area contributed by atoms with Crippen LogP contribution in [-0.4, -0.2) is 48.1 Å². The van der Waals surface area contributed by atoms with Crippen LogP contribution in [0, 0.1) is 5.92 Å². The standard InChI is InChI=1S/C20H23ClN4O3/c21-17-4-2-15(3-5-17)6-11-22-18(26)14-28-19(27)16-7-12-25(13-8-16)20-23-9-1-10-24-20/h1-5,9-10,16H,6-8,11-14H2,(H,22,26). The summed E-state index contributed by atoms with van der Waals surface area (Å²) in [6, 6.07) is 9.24. The van der Waals surface area contributed by atoms with Gasteiger partial charge < -0.3 is 15.0 Å². The van der Waals surface area contributed by atoms with Crippen LogP contribution in [0.3, 0.4) is 0 Å². The van der Waals surface area contributed by atoms with Crippen LogP contribution in [0.5, 0.6) is 0 Å². The maximum Gasteiger partial charge on any atom is 0.309 e. The molecule has 0 radical (unpaired) electrons. The lowest BCUT2D eigenvalue weighted by atomic mass is 9.97. The predicted octanol–water partition coefficient (Wildman–Crippen LogP) is 2.25. The number of nitrogens with zero attached hydrogens (tertiary/aromatic N) is 3. The number of aromatic nitrogens is 2. The molecule has 0 bridgehead atoms. The fourth-order valence-electron chi connectivity index (χ4n) is 3.07. The van der Waals surface area contributed by atoms with Crippen molar-refractivity contribution in [1.82, 2.24) is 15.3 Å². The van der Waals surface area contributed by atoms with Gasteiger partial charge >= 0.3 is 5.97 Å². The van der Waals surface area contributed by atoms with E-state index < -0.39 is 0 Å². The number of anilines is 1. The Morgan fingerprint density at radius 2 is 1.82 bits per heavy atom. The molecular formula is C20H23ClN4O3. The number of benzene rings is 1. The molecule has 28 heavy (non-hydrogen) atoms. The number of nitrogens with one attached hydrogen (secondary N) is 1. The number of rotatable bonds is 7. The molecule has 1 aliphatic rings. The molecule has 1 saturated heterocycles. The summed E-state index contributed by atoms with van der Waals surface area (Å²) in [5.41, 5.74) is 1.08.